The van der Waals surface area contributed by atoms with E-state index in [0.29, 0.717) is 36.8 Å². The molecule has 1 amide bonds. The predicted octanol–water partition coefficient (Wildman–Crippen LogP) is 3.60. The second-order valence-corrected chi connectivity index (χ2v) is 6.38. The lowest BCUT2D eigenvalue weighted by atomic mass is 10.1. The molecule has 166 valence electrons. The van der Waals surface area contributed by atoms with E-state index in [1.54, 1.807) is 25.2 Å². The van der Waals surface area contributed by atoms with Crippen LogP contribution in [0.25, 0.3) is 0 Å². The molecule has 0 bridgehead atoms. The first-order chi connectivity index (χ1) is 13.9. The van der Waals surface area contributed by atoms with Crippen molar-refractivity contribution in [2.75, 3.05) is 20.1 Å². The van der Waals surface area contributed by atoms with Crippen molar-refractivity contribution < 1.29 is 22.7 Å². The largest absolute Gasteiger partial charge is 0.459 e. The van der Waals surface area contributed by atoms with Crippen LogP contribution >= 0.6 is 24.0 Å². The molecule has 0 spiro atoms. The minimum atomic E-state index is -2.88. The number of aryl methyl sites for hydroxylation is 2. The molecule has 0 fully saturated rings. The Morgan fingerprint density at radius 2 is 1.90 bits per heavy atom. The molecule has 2 aromatic rings. The number of nitrogens with one attached hydrogen (secondary N) is 3. The second kappa shape index (κ2) is 13.0. The van der Waals surface area contributed by atoms with Crippen LogP contribution in [0.5, 0.6) is 5.75 Å². The number of benzene rings is 1. The maximum Gasteiger partial charge on any atom is 0.387 e. The van der Waals surface area contributed by atoms with E-state index in [1.807, 2.05) is 13.8 Å². The van der Waals surface area contributed by atoms with E-state index in [1.165, 1.54) is 12.3 Å². The number of furan rings is 1. The highest BCUT2D eigenvalue weighted by Crippen LogP contribution is 2.21. The molecule has 10 heteroatoms. The summed E-state index contributed by atoms with van der Waals surface area (Å²) in [5, 5.41) is 8.96. The highest BCUT2D eigenvalue weighted by atomic mass is 127. The molecule has 2 rings (SSSR count). The van der Waals surface area contributed by atoms with Gasteiger partial charge in [-0.15, -0.1) is 24.0 Å². The minimum absolute atomic E-state index is 0. The number of halogens is 3. The zero-order chi connectivity index (χ0) is 21.2. The third kappa shape index (κ3) is 8.17. The normalized spacial score (nSPS) is 11.1. The van der Waals surface area contributed by atoms with Crippen LogP contribution in [0.2, 0.25) is 0 Å². The summed E-state index contributed by atoms with van der Waals surface area (Å²) in [5.74, 6) is 0.712. The van der Waals surface area contributed by atoms with Crippen LogP contribution in [0.4, 0.5) is 8.78 Å². The number of hydrogen-bond acceptors (Lipinski definition) is 4. The summed E-state index contributed by atoms with van der Waals surface area (Å²) in [5.41, 5.74) is 2.33. The molecule has 0 aliphatic carbocycles. The lowest BCUT2D eigenvalue weighted by Gasteiger charge is -2.15. The fourth-order valence-corrected chi connectivity index (χ4v) is 2.64. The molecular weight excluding hydrogens is 509 g/mol. The molecule has 30 heavy (non-hydrogen) atoms. The van der Waals surface area contributed by atoms with E-state index in [-0.39, 0.29) is 42.2 Å². The molecule has 0 aliphatic rings. The number of rotatable bonds is 9. The Bertz CT molecular complexity index is 843. The van der Waals surface area contributed by atoms with Gasteiger partial charge in [-0.3, -0.25) is 9.79 Å². The molecule has 0 saturated carbocycles. The number of amides is 1. The van der Waals surface area contributed by atoms with Gasteiger partial charge in [0.1, 0.15) is 5.75 Å². The number of aliphatic imine (C=N–C) groups is 1. The van der Waals surface area contributed by atoms with Crippen LogP contribution in [0.3, 0.4) is 0 Å². The molecule has 0 radical (unpaired) electrons. The van der Waals surface area contributed by atoms with Crippen molar-refractivity contribution in [3.8, 4) is 5.75 Å². The molecule has 7 nitrogen and oxygen atoms in total. The lowest BCUT2D eigenvalue weighted by molar-refractivity contribution is -0.0504. The van der Waals surface area contributed by atoms with Crippen LogP contribution in [-0.4, -0.2) is 38.6 Å². The van der Waals surface area contributed by atoms with Gasteiger partial charge in [0.25, 0.3) is 5.91 Å². The molecule has 1 heterocycles. The number of nitrogens with zero attached hydrogens (tertiary/aromatic N) is 1. The van der Waals surface area contributed by atoms with Gasteiger partial charge in [0.15, 0.2) is 11.7 Å². The Morgan fingerprint density at radius 3 is 2.53 bits per heavy atom. The first kappa shape index (κ1) is 25.7. The zero-order valence-corrected chi connectivity index (χ0v) is 19.5. The molecule has 0 aliphatic heterocycles. The van der Waals surface area contributed by atoms with Gasteiger partial charge in [-0.25, -0.2) is 0 Å². The number of carbonyl (C=O) groups excluding carboxylic acids is 1. The molecule has 0 saturated heterocycles. The van der Waals surface area contributed by atoms with Gasteiger partial charge in [-0.05, 0) is 32.4 Å². The second-order valence-electron chi connectivity index (χ2n) is 6.38. The standard InChI is InChI=1S/C20H26F2N4O3.HI/c1-13-5-6-16(29-19(21)22)15(11-13)12-26-20(23-3)25-9-4-8-24-18(27)17-14(2)7-10-28-17;/h5-7,10-11,19H,4,8-9,12H2,1-3H3,(H,24,27)(H2,23,25,26);1H. The van der Waals surface area contributed by atoms with E-state index >= 15 is 0 Å². The minimum Gasteiger partial charge on any atom is -0.459 e. The molecule has 0 atom stereocenters. The van der Waals surface area contributed by atoms with E-state index < -0.39 is 6.61 Å². The van der Waals surface area contributed by atoms with Crippen molar-refractivity contribution in [3.63, 3.8) is 0 Å². The average molecular weight is 536 g/mol. The topological polar surface area (TPSA) is 87.9 Å². The number of ether oxygens (including phenoxy) is 1. The van der Waals surface area contributed by atoms with Crippen molar-refractivity contribution in [2.24, 2.45) is 4.99 Å². The monoisotopic (exact) mass is 536 g/mol. The quantitative estimate of drug-likeness (QED) is 0.197. The van der Waals surface area contributed by atoms with Crippen LogP contribution in [0.15, 0.2) is 39.9 Å². The van der Waals surface area contributed by atoms with Crippen molar-refractivity contribution in [1.82, 2.24) is 16.0 Å². The van der Waals surface area contributed by atoms with E-state index in [4.69, 9.17) is 4.42 Å². The van der Waals surface area contributed by atoms with E-state index in [0.717, 1.165) is 11.1 Å². The van der Waals surface area contributed by atoms with Crippen LogP contribution in [0, 0.1) is 13.8 Å². The highest BCUT2D eigenvalue weighted by molar-refractivity contribution is 14.0. The number of carbonyl (C=O) groups is 1. The Morgan fingerprint density at radius 1 is 1.17 bits per heavy atom. The Labute approximate surface area is 191 Å². The molecule has 0 unspecified atom stereocenters. The average Bonchev–Trinajstić information content (AvgIpc) is 3.11. The summed E-state index contributed by atoms with van der Waals surface area (Å²) in [6, 6.07) is 6.76. The van der Waals surface area contributed by atoms with Crippen molar-refractivity contribution in [2.45, 2.75) is 33.4 Å². The number of guanidine groups is 1. The first-order valence-electron chi connectivity index (χ1n) is 9.22. The summed E-state index contributed by atoms with van der Waals surface area (Å²) >= 11 is 0. The smallest absolute Gasteiger partial charge is 0.387 e. The number of hydrogen-bond donors (Lipinski definition) is 3. The van der Waals surface area contributed by atoms with Gasteiger partial charge < -0.3 is 25.1 Å². The third-order valence-electron chi connectivity index (χ3n) is 4.10. The highest BCUT2D eigenvalue weighted by Gasteiger charge is 2.12. The zero-order valence-electron chi connectivity index (χ0n) is 17.1. The summed E-state index contributed by atoms with van der Waals surface area (Å²) in [6.45, 7) is 2.10. The van der Waals surface area contributed by atoms with Gasteiger partial charge in [-0.2, -0.15) is 8.78 Å². The lowest BCUT2D eigenvalue weighted by Crippen LogP contribution is -2.38. The van der Waals surface area contributed by atoms with E-state index in [9.17, 15) is 13.6 Å². The predicted molar refractivity (Wildman–Crippen MR) is 122 cm³/mol. The molecule has 3 N–H and O–H groups in total. The Balaban J connectivity index is 0.00000450. The van der Waals surface area contributed by atoms with Crippen LogP contribution < -0.4 is 20.7 Å². The fourth-order valence-electron chi connectivity index (χ4n) is 2.64. The third-order valence-corrected chi connectivity index (χ3v) is 4.10. The van der Waals surface area contributed by atoms with E-state index in [2.05, 4.69) is 25.7 Å². The molecule has 1 aromatic carbocycles. The van der Waals surface area contributed by atoms with Crippen molar-refractivity contribution in [1.29, 1.82) is 0 Å². The summed E-state index contributed by atoms with van der Waals surface area (Å²) in [4.78, 5) is 16.1. The maximum atomic E-state index is 12.6. The summed E-state index contributed by atoms with van der Waals surface area (Å²) in [7, 11) is 1.61. The summed E-state index contributed by atoms with van der Waals surface area (Å²) in [6.07, 6.45) is 2.14. The van der Waals surface area contributed by atoms with Gasteiger partial charge in [0.2, 0.25) is 0 Å². The van der Waals surface area contributed by atoms with Gasteiger partial charge in [0, 0.05) is 37.8 Å². The molecular formula is C20H27F2IN4O3. The van der Waals surface area contributed by atoms with Crippen LogP contribution in [-0.2, 0) is 6.54 Å². The number of alkyl halides is 2. The van der Waals surface area contributed by atoms with Gasteiger partial charge in [-0.1, -0.05) is 17.7 Å². The SMILES string of the molecule is CN=C(NCCCNC(=O)c1occc1C)NCc1cc(C)ccc1OC(F)F.I. The van der Waals surface area contributed by atoms with Gasteiger partial charge in [0.05, 0.1) is 6.26 Å². The van der Waals surface area contributed by atoms with Gasteiger partial charge >= 0.3 is 6.61 Å². The first-order valence-corrected chi connectivity index (χ1v) is 9.22. The Kier molecular flexibility index (Phi) is 11.2. The Hall–Kier alpha value is -2.37. The van der Waals surface area contributed by atoms with Crippen molar-refractivity contribution >= 4 is 35.8 Å². The maximum absolute atomic E-state index is 12.6. The van der Waals surface area contributed by atoms with Crippen molar-refractivity contribution in [3.05, 3.63) is 53.0 Å². The summed E-state index contributed by atoms with van der Waals surface area (Å²) < 4.78 is 34.8. The fraction of sp³-hybridized carbons (Fsp3) is 0.400. The molecule has 1 aromatic heterocycles. The van der Waals surface area contributed by atoms with Crippen LogP contribution in [0.1, 0.15) is 33.7 Å².